The van der Waals surface area contributed by atoms with Crippen molar-refractivity contribution in [2.75, 3.05) is 10.2 Å². The number of rotatable bonds is 3. The van der Waals surface area contributed by atoms with Crippen LogP contribution in [0.5, 0.6) is 0 Å². The highest BCUT2D eigenvalue weighted by atomic mass is 35.5. The molecule has 0 saturated heterocycles. The fourth-order valence-electron chi connectivity index (χ4n) is 4.45. The summed E-state index contributed by atoms with van der Waals surface area (Å²) in [6.07, 6.45) is 7.22. The zero-order valence-electron chi connectivity index (χ0n) is 16.7. The predicted octanol–water partition coefficient (Wildman–Crippen LogP) is 5.87. The van der Waals surface area contributed by atoms with Gasteiger partial charge in [-0.05, 0) is 53.4 Å². The molecule has 0 saturated carbocycles. The van der Waals surface area contributed by atoms with Crippen LogP contribution in [-0.4, -0.2) is 22.7 Å². The van der Waals surface area contributed by atoms with Crippen LogP contribution in [0.25, 0.3) is 16.8 Å². The van der Waals surface area contributed by atoms with Gasteiger partial charge in [0.2, 0.25) is 0 Å². The van der Waals surface area contributed by atoms with Crippen LogP contribution in [0.3, 0.4) is 0 Å². The van der Waals surface area contributed by atoms with E-state index >= 15 is 0 Å². The Labute approximate surface area is 189 Å². The molecule has 6 heteroatoms. The Morgan fingerprint density at radius 3 is 2.72 bits per heavy atom. The molecule has 6 rings (SSSR count). The van der Waals surface area contributed by atoms with E-state index in [9.17, 15) is 9.59 Å². The second-order valence-corrected chi connectivity index (χ2v) is 8.27. The molecule has 1 atom stereocenters. The maximum absolute atomic E-state index is 13.7. The molecule has 0 spiro atoms. The number of amides is 1. The number of nitrogens with one attached hydrogen (secondary N) is 1. The van der Waals surface area contributed by atoms with Crippen LogP contribution < -0.4 is 10.2 Å². The number of Topliss-reactive ketones (excluding diaryl/α,β-unsaturated/α-hetero) is 1. The highest BCUT2D eigenvalue weighted by Gasteiger charge is 2.42. The van der Waals surface area contributed by atoms with Crippen LogP contribution in [0, 0.1) is 0 Å². The third kappa shape index (κ3) is 2.82. The Morgan fingerprint density at radius 2 is 1.84 bits per heavy atom. The standard InChI is InChI=1S/C26H16ClN3O2/c27-18-2-1-3-20(13-18)30-22-9-6-16-5-8-21(24(26(30)32)23(16)25(22)31)29-19-7-4-15-10-11-28-14-17(15)12-19/h1-14,22,29H. The van der Waals surface area contributed by atoms with Gasteiger partial charge in [-0.15, -0.1) is 0 Å². The summed E-state index contributed by atoms with van der Waals surface area (Å²) in [6.45, 7) is 0. The van der Waals surface area contributed by atoms with Crippen molar-refractivity contribution >= 4 is 57.2 Å². The van der Waals surface area contributed by atoms with Crippen molar-refractivity contribution in [2.45, 2.75) is 6.04 Å². The van der Waals surface area contributed by atoms with Gasteiger partial charge in [-0.3, -0.25) is 19.5 Å². The molecule has 32 heavy (non-hydrogen) atoms. The van der Waals surface area contributed by atoms with Gasteiger partial charge in [-0.25, -0.2) is 0 Å². The zero-order chi connectivity index (χ0) is 21.8. The van der Waals surface area contributed by atoms with Crippen LogP contribution in [0.2, 0.25) is 5.02 Å². The lowest BCUT2D eigenvalue weighted by atomic mass is 9.83. The Balaban J connectivity index is 1.49. The molecule has 2 heterocycles. The van der Waals surface area contributed by atoms with Crippen LogP contribution in [0.1, 0.15) is 26.3 Å². The Bertz CT molecular complexity index is 1480. The first kappa shape index (κ1) is 18.8. The molecular weight excluding hydrogens is 422 g/mol. The first-order valence-electron chi connectivity index (χ1n) is 10.2. The minimum atomic E-state index is -0.678. The van der Waals surface area contributed by atoms with E-state index in [4.69, 9.17) is 11.6 Å². The van der Waals surface area contributed by atoms with Crippen LogP contribution in [-0.2, 0) is 0 Å². The number of halogens is 1. The quantitative estimate of drug-likeness (QED) is 0.435. The van der Waals surface area contributed by atoms with Crippen LogP contribution >= 0.6 is 11.6 Å². The molecule has 1 amide bonds. The summed E-state index contributed by atoms with van der Waals surface area (Å²) < 4.78 is 0. The third-order valence-electron chi connectivity index (χ3n) is 5.93. The topological polar surface area (TPSA) is 62.3 Å². The Kier molecular flexibility index (Phi) is 4.13. The van der Waals surface area contributed by atoms with Crippen molar-refractivity contribution in [3.63, 3.8) is 0 Å². The molecule has 4 aromatic rings. The summed E-state index contributed by atoms with van der Waals surface area (Å²) in [4.78, 5) is 32.8. The smallest absolute Gasteiger partial charge is 0.262 e. The van der Waals surface area contributed by atoms with E-state index in [1.165, 1.54) is 4.90 Å². The minimum Gasteiger partial charge on any atom is -0.355 e. The van der Waals surface area contributed by atoms with Gasteiger partial charge >= 0.3 is 0 Å². The van der Waals surface area contributed by atoms with Gasteiger partial charge in [0.1, 0.15) is 6.04 Å². The molecule has 2 bridgehead atoms. The van der Waals surface area contributed by atoms with Crippen molar-refractivity contribution in [2.24, 2.45) is 0 Å². The summed E-state index contributed by atoms with van der Waals surface area (Å²) in [5.74, 6) is -0.327. The maximum atomic E-state index is 13.7. The van der Waals surface area contributed by atoms with Crippen molar-refractivity contribution in [3.05, 3.63) is 101 Å². The number of hydrogen-bond donors (Lipinski definition) is 1. The molecule has 5 nitrogen and oxygen atoms in total. The summed E-state index contributed by atoms with van der Waals surface area (Å²) in [5.41, 5.74) is 3.59. The van der Waals surface area contributed by atoms with Crippen LogP contribution in [0.4, 0.5) is 17.1 Å². The molecule has 3 aromatic carbocycles. The average Bonchev–Trinajstić information content (AvgIpc) is 2.80. The molecule has 1 unspecified atom stereocenters. The van der Waals surface area contributed by atoms with Crippen LogP contribution in [0.15, 0.2) is 79.1 Å². The first-order valence-corrected chi connectivity index (χ1v) is 10.6. The second kappa shape index (κ2) is 7.04. The van der Waals surface area contributed by atoms with Gasteiger partial charge in [0.05, 0.1) is 11.3 Å². The van der Waals surface area contributed by atoms with Crippen molar-refractivity contribution < 1.29 is 9.59 Å². The summed E-state index contributed by atoms with van der Waals surface area (Å²) >= 11 is 6.18. The third-order valence-corrected chi connectivity index (χ3v) is 6.16. The molecular formula is C26H16ClN3O2. The van der Waals surface area contributed by atoms with Crippen molar-refractivity contribution in [1.82, 2.24) is 4.98 Å². The minimum absolute atomic E-state index is 0.0940. The molecule has 1 aromatic heterocycles. The second-order valence-electron chi connectivity index (χ2n) is 7.84. The van der Waals surface area contributed by atoms with E-state index in [0.29, 0.717) is 27.5 Å². The largest absolute Gasteiger partial charge is 0.355 e. The maximum Gasteiger partial charge on any atom is 0.262 e. The molecule has 0 fully saturated rings. The van der Waals surface area contributed by atoms with E-state index in [1.807, 2.05) is 42.5 Å². The lowest BCUT2D eigenvalue weighted by molar-refractivity contribution is 0.0886. The number of aromatic nitrogens is 1. The fraction of sp³-hybridized carbons (Fsp3) is 0.0385. The van der Waals surface area contributed by atoms with E-state index in [0.717, 1.165) is 22.0 Å². The van der Waals surface area contributed by atoms with Gasteiger partial charge in [-0.2, -0.15) is 0 Å². The van der Waals surface area contributed by atoms with Gasteiger partial charge in [0, 0.05) is 39.7 Å². The summed E-state index contributed by atoms with van der Waals surface area (Å²) in [7, 11) is 0. The Hall–Kier alpha value is -3.96. The lowest BCUT2D eigenvalue weighted by Gasteiger charge is -2.37. The fourth-order valence-corrected chi connectivity index (χ4v) is 4.64. The van der Waals surface area contributed by atoms with E-state index in [1.54, 1.807) is 42.7 Å². The number of benzene rings is 3. The number of nitrogens with zero attached hydrogens (tertiary/aromatic N) is 2. The van der Waals surface area contributed by atoms with E-state index < -0.39 is 6.04 Å². The first-order chi connectivity index (χ1) is 15.6. The molecule has 0 radical (unpaired) electrons. The van der Waals surface area contributed by atoms with Gasteiger partial charge in [0.25, 0.3) is 5.91 Å². The molecule has 1 aliphatic heterocycles. The van der Waals surface area contributed by atoms with Crippen molar-refractivity contribution in [3.8, 4) is 0 Å². The zero-order valence-corrected chi connectivity index (χ0v) is 17.5. The highest BCUT2D eigenvalue weighted by molar-refractivity contribution is 6.31. The van der Waals surface area contributed by atoms with Crippen molar-refractivity contribution in [1.29, 1.82) is 0 Å². The summed E-state index contributed by atoms with van der Waals surface area (Å²) in [6, 6.07) is 17.9. The monoisotopic (exact) mass is 437 g/mol. The molecule has 1 aliphatic carbocycles. The number of hydrogen-bond acceptors (Lipinski definition) is 4. The Morgan fingerprint density at radius 1 is 0.938 bits per heavy atom. The molecule has 2 aliphatic rings. The number of carbonyl (C=O) groups excluding carboxylic acids is 2. The van der Waals surface area contributed by atoms with Gasteiger partial charge in [0.15, 0.2) is 5.78 Å². The summed E-state index contributed by atoms with van der Waals surface area (Å²) in [5, 5.41) is 5.91. The number of pyridine rings is 1. The number of ketones is 1. The van der Waals surface area contributed by atoms with Gasteiger partial charge in [-0.1, -0.05) is 42.0 Å². The van der Waals surface area contributed by atoms with Gasteiger partial charge < -0.3 is 5.32 Å². The molecule has 1 N–H and O–H groups in total. The average molecular weight is 438 g/mol. The predicted molar refractivity (Wildman–Crippen MR) is 127 cm³/mol. The number of anilines is 3. The highest BCUT2D eigenvalue weighted by Crippen LogP contribution is 2.39. The number of carbonyl (C=O) groups is 2. The normalized spacial score (nSPS) is 16.5. The lowest BCUT2D eigenvalue weighted by Crippen LogP contribution is -2.50. The SMILES string of the molecule is O=C1c2c3ccc(Nc4ccc5ccncc5c4)c2C(=O)N(c2cccc(Cl)c2)C1C=C3. The van der Waals surface area contributed by atoms with E-state index in [-0.39, 0.29) is 11.7 Å². The van der Waals surface area contributed by atoms with E-state index in [2.05, 4.69) is 10.3 Å². The number of fused-ring (bicyclic) bond motifs is 2. The molecule has 154 valence electrons.